The number of unbranched alkanes of at least 4 members (excludes halogenated alkanes) is 1. The van der Waals surface area contributed by atoms with Gasteiger partial charge in [0.05, 0.1) is 23.2 Å². The molecule has 0 aliphatic rings. The molecule has 0 radical (unpaired) electrons. The topological polar surface area (TPSA) is 104 Å². The van der Waals surface area contributed by atoms with Crippen molar-refractivity contribution in [1.29, 1.82) is 0 Å². The number of nitro groups is 1. The molecule has 1 atom stereocenters. The first kappa shape index (κ1) is 19.7. The first-order chi connectivity index (χ1) is 13.4. The van der Waals surface area contributed by atoms with Crippen molar-refractivity contribution in [2.75, 3.05) is 6.61 Å². The van der Waals surface area contributed by atoms with Crippen LogP contribution in [0.25, 0.3) is 21.3 Å². The van der Waals surface area contributed by atoms with Crippen molar-refractivity contribution >= 4 is 33.2 Å². The van der Waals surface area contributed by atoms with Crippen molar-refractivity contribution in [2.24, 2.45) is 0 Å². The van der Waals surface area contributed by atoms with Crippen LogP contribution in [-0.4, -0.2) is 27.1 Å². The summed E-state index contributed by atoms with van der Waals surface area (Å²) in [6.45, 7) is 3.88. The van der Waals surface area contributed by atoms with E-state index in [2.05, 4.69) is 4.98 Å². The maximum atomic E-state index is 13.1. The van der Waals surface area contributed by atoms with Crippen LogP contribution in [0, 0.1) is 10.1 Å². The van der Waals surface area contributed by atoms with E-state index >= 15 is 0 Å². The predicted octanol–water partition coefficient (Wildman–Crippen LogP) is 3.94. The Bertz CT molecular complexity index is 1090. The zero-order valence-corrected chi connectivity index (χ0v) is 16.3. The second-order valence-corrected chi connectivity index (χ2v) is 7.15. The Labute approximate surface area is 164 Å². The Hall–Kier alpha value is -3.07. The molecule has 0 saturated heterocycles. The minimum atomic E-state index is -0.820. The fourth-order valence-corrected chi connectivity index (χ4v) is 3.68. The fraction of sp³-hybridized carbons (Fsp3) is 0.316. The minimum Gasteiger partial charge on any atom is -0.464 e. The van der Waals surface area contributed by atoms with Crippen LogP contribution >= 0.6 is 11.3 Å². The Kier molecular flexibility index (Phi) is 5.84. The van der Waals surface area contributed by atoms with Gasteiger partial charge < -0.3 is 4.74 Å². The van der Waals surface area contributed by atoms with Gasteiger partial charge >= 0.3 is 5.97 Å². The van der Waals surface area contributed by atoms with E-state index < -0.39 is 16.9 Å². The van der Waals surface area contributed by atoms with E-state index in [4.69, 9.17) is 4.74 Å². The molecule has 0 amide bonds. The lowest BCUT2D eigenvalue weighted by Crippen LogP contribution is -2.29. The van der Waals surface area contributed by atoms with Gasteiger partial charge in [0.1, 0.15) is 10.9 Å². The Morgan fingerprint density at radius 2 is 2.21 bits per heavy atom. The van der Waals surface area contributed by atoms with Crippen molar-refractivity contribution in [3.8, 4) is 11.1 Å². The van der Waals surface area contributed by atoms with Gasteiger partial charge in [0.15, 0.2) is 0 Å². The summed E-state index contributed by atoms with van der Waals surface area (Å²) in [6, 6.07) is 5.26. The number of benzene rings is 1. The molecule has 0 saturated carbocycles. The van der Waals surface area contributed by atoms with Crippen LogP contribution in [0.1, 0.15) is 32.7 Å². The van der Waals surface area contributed by atoms with E-state index in [0.29, 0.717) is 28.0 Å². The summed E-state index contributed by atoms with van der Waals surface area (Å²) in [4.78, 5) is 40.7. The Balaban J connectivity index is 2.03. The molecular weight excluding hydrogens is 382 g/mol. The summed E-state index contributed by atoms with van der Waals surface area (Å²) in [5.41, 5.74) is 0.666. The second-order valence-electron chi connectivity index (χ2n) is 6.29. The van der Waals surface area contributed by atoms with Crippen LogP contribution in [-0.2, 0) is 9.53 Å². The zero-order valence-electron chi connectivity index (χ0n) is 15.5. The maximum Gasteiger partial charge on any atom is 0.328 e. The van der Waals surface area contributed by atoms with Gasteiger partial charge in [-0.3, -0.25) is 19.5 Å². The molecule has 0 aliphatic heterocycles. The molecule has 0 spiro atoms. The molecule has 2 heterocycles. The zero-order chi connectivity index (χ0) is 20.3. The first-order valence-corrected chi connectivity index (χ1v) is 9.71. The first-order valence-electron chi connectivity index (χ1n) is 8.83. The second kappa shape index (κ2) is 8.30. The monoisotopic (exact) mass is 401 g/mol. The normalized spacial score (nSPS) is 12.1. The molecule has 0 unspecified atom stereocenters. The highest BCUT2D eigenvalue weighted by Gasteiger charge is 2.21. The van der Waals surface area contributed by atoms with Gasteiger partial charge in [-0.2, -0.15) is 0 Å². The van der Waals surface area contributed by atoms with E-state index in [1.54, 1.807) is 24.4 Å². The Morgan fingerprint density at radius 1 is 1.43 bits per heavy atom. The lowest BCUT2D eigenvalue weighted by atomic mass is 10.1. The summed E-state index contributed by atoms with van der Waals surface area (Å²) < 4.78 is 6.45. The van der Waals surface area contributed by atoms with Crippen molar-refractivity contribution in [2.45, 2.75) is 32.7 Å². The molecule has 8 nitrogen and oxygen atoms in total. The van der Waals surface area contributed by atoms with Crippen LogP contribution in [0.3, 0.4) is 0 Å². The van der Waals surface area contributed by atoms with Gasteiger partial charge in [-0.15, -0.1) is 11.3 Å². The van der Waals surface area contributed by atoms with E-state index in [-0.39, 0.29) is 11.2 Å². The number of aromatic nitrogens is 2. The quantitative estimate of drug-likeness (QED) is 0.257. The van der Waals surface area contributed by atoms with Crippen molar-refractivity contribution < 1.29 is 14.5 Å². The summed E-state index contributed by atoms with van der Waals surface area (Å²) >= 11 is 1.27. The SMILES string of the molecule is CCCCOC(=O)[C@H](C)n1cnc2scc(-c3cccc([N+](=O)[O-])c3)c2c1=O. The number of nitrogens with zero attached hydrogens (tertiary/aromatic N) is 3. The predicted molar refractivity (Wildman–Crippen MR) is 107 cm³/mol. The van der Waals surface area contributed by atoms with Gasteiger partial charge in [0, 0.05) is 23.1 Å². The molecular formula is C19H19N3O5S. The number of esters is 1. The molecule has 2 aromatic heterocycles. The van der Waals surface area contributed by atoms with Gasteiger partial charge in [0.25, 0.3) is 11.2 Å². The van der Waals surface area contributed by atoms with Gasteiger partial charge in [-0.05, 0) is 18.9 Å². The number of hydrogen-bond acceptors (Lipinski definition) is 7. The van der Waals surface area contributed by atoms with Crippen LogP contribution < -0.4 is 5.56 Å². The smallest absolute Gasteiger partial charge is 0.328 e. The number of non-ortho nitro benzene ring substituents is 1. The van der Waals surface area contributed by atoms with Gasteiger partial charge in [-0.25, -0.2) is 9.78 Å². The highest BCUT2D eigenvalue weighted by molar-refractivity contribution is 7.17. The van der Waals surface area contributed by atoms with Gasteiger partial charge in [-0.1, -0.05) is 25.5 Å². The van der Waals surface area contributed by atoms with Crippen LogP contribution in [0.5, 0.6) is 0 Å². The average Bonchev–Trinajstić information content (AvgIpc) is 3.13. The van der Waals surface area contributed by atoms with Crippen LogP contribution in [0.4, 0.5) is 5.69 Å². The number of ether oxygens (including phenoxy) is 1. The van der Waals surface area contributed by atoms with Crippen molar-refractivity contribution in [3.05, 3.63) is 56.4 Å². The standard InChI is InChI=1S/C19H19N3O5S/c1-3-4-8-27-19(24)12(2)21-11-20-17-16(18(21)23)15(10-28-17)13-6-5-7-14(9-13)22(25)26/h5-7,9-12H,3-4,8H2,1-2H3/t12-/m0/s1. The summed E-state index contributed by atoms with van der Waals surface area (Å²) in [5.74, 6) is -0.496. The van der Waals surface area contributed by atoms with Crippen molar-refractivity contribution in [3.63, 3.8) is 0 Å². The summed E-state index contributed by atoms with van der Waals surface area (Å²) in [5, 5.41) is 13.1. The molecule has 146 valence electrons. The molecule has 0 bridgehead atoms. The van der Waals surface area contributed by atoms with Gasteiger partial charge in [0.2, 0.25) is 0 Å². The lowest BCUT2D eigenvalue weighted by molar-refractivity contribution is -0.384. The minimum absolute atomic E-state index is 0.0612. The van der Waals surface area contributed by atoms with E-state index in [1.165, 1.54) is 34.4 Å². The van der Waals surface area contributed by atoms with Crippen molar-refractivity contribution in [1.82, 2.24) is 9.55 Å². The molecule has 28 heavy (non-hydrogen) atoms. The fourth-order valence-electron chi connectivity index (χ4n) is 2.77. The maximum absolute atomic E-state index is 13.1. The highest BCUT2D eigenvalue weighted by Crippen LogP contribution is 2.32. The number of carbonyl (C=O) groups is 1. The summed E-state index contributed by atoms with van der Waals surface area (Å²) in [7, 11) is 0. The average molecular weight is 401 g/mol. The molecule has 9 heteroatoms. The number of carbonyl (C=O) groups excluding carboxylic acids is 1. The largest absolute Gasteiger partial charge is 0.464 e. The molecule has 3 aromatic rings. The molecule has 3 rings (SSSR count). The number of nitro benzene ring substituents is 1. The lowest BCUT2D eigenvalue weighted by Gasteiger charge is -2.14. The van der Waals surface area contributed by atoms with E-state index in [1.807, 2.05) is 6.92 Å². The third kappa shape index (κ3) is 3.79. The number of rotatable bonds is 7. The molecule has 1 aromatic carbocycles. The highest BCUT2D eigenvalue weighted by atomic mass is 32.1. The molecule has 0 fully saturated rings. The summed E-state index contributed by atoms with van der Waals surface area (Å²) in [6.07, 6.45) is 2.99. The number of thiophene rings is 1. The molecule has 0 aliphatic carbocycles. The van der Waals surface area contributed by atoms with Crippen LogP contribution in [0.15, 0.2) is 40.8 Å². The van der Waals surface area contributed by atoms with E-state index in [9.17, 15) is 19.7 Å². The van der Waals surface area contributed by atoms with E-state index in [0.717, 1.165) is 12.8 Å². The third-order valence-corrected chi connectivity index (χ3v) is 5.27. The number of fused-ring (bicyclic) bond motifs is 1. The molecule has 0 N–H and O–H groups in total. The van der Waals surface area contributed by atoms with Crippen LogP contribution in [0.2, 0.25) is 0 Å². The number of hydrogen-bond donors (Lipinski definition) is 0. The Morgan fingerprint density at radius 3 is 2.93 bits per heavy atom. The third-order valence-electron chi connectivity index (χ3n) is 4.39.